The summed E-state index contributed by atoms with van der Waals surface area (Å²) in [5, 5.41) is 19.1. The van der Waals surface area contributed by atoms with Crippen molar-refractivity contribution in [1.82, 2.24) is 0 Å². The minimum absolute atomic E-state index is 0.178. The van der Waals surface area contributed by atoms with Gasteiger partial charge >= 0.3 is 11.9 Å². The normalized spacial score (nSPS) is 31.1. The monoisotopic (exact) mass is 422 g/mol. The zero-order valence-electron chi connectivity index (χ0n) is 17.6. The molecule has 30 heavy (non-hydrogen) atoms. The fraction of sp³-hybridized carbons (Fsp3) is 0.571. The smallest absolute Gasteiger partial charge is 0.377 e. The first kappa shape index (κ1) is 22.0. The molecule has 3 aliphatic rings. The Morgan fingerprint density at radius 2 is 1.90 bits per heavy atom. The van der Waals surface area contributed by atoms with Crippen molar-refractivity contribution in [3.05, 3.63) is 34.3 Å². The molecule has 0 aromatic carbocycles. The Morgan fingerprint density at radius 3 is 2.47 bits per heavy atom. The van der Waals surface area contributed by atoms with E-state index >= 15 is 0 Å². The van der Waals surface area contributed by atoms with Gasteiger partial charge in [-0.05, 0) is 37.3 Å². The molecule has 4 atom stereocenters. The number of esters is 2. The van der Waals surface area contributed by atoms with Crippen molar-refractivity contribution in [1.29, 1.82) is 0 Å². The third kappa shape index (κ3) is 3.99. The number of rotatable bonds is 4. The van der Waals surface area contributed by atoms with E-state index in [9.17, 15) is 24.6 Å². The van der Waals surface area contributed by atoms with Gasteiger partial charge in [-0.1, -0.05) is 25.5 Å². The quantitative estimate of drug-likeness (QED) is 0.655. The van der Waals surface area contributed by atoms with E-state index in [0.29, 0.717) is 12.0 Å². The Bertz CT molecular complexity index is 873. The fourth-order valence-electron chi connectivity index (χ4n) is 3.85. The predicted octanol–water partition coefficient (Wildman–Crippen LogP) is 2.17. The second kappa shape index (κ2) is 7.88. The molecule has 0 amide bonds. The first-order chi connectivity index (χ1) is 13.9. The lowest BCUT2D eigenvalue weighted by Crippen LogP contribution is -2.41. The summed E-state index contributed by atoms with van der Waals surface area (Å²) in [5.74, 6) is -3.84. The van der Waals surface area contributed by atoms with E-state index in [1.165, 1.54) is 0 Å². The molecule has 3 rings (SSSR count). The number of ether oxygens (including phenoxy) is 4. The van der Waals surface area contributed by atoms with Crippen molar-refractivity contribution in [3.8, 4) is 0 Å². The number of cyclic esters (lactones) is 1. The molecule has 0 saturated carbocycles. The highest BCUT2D eigenvalue weighted by molar-refractivity contribution is 6.01. The fourth-order valence-corrected chi connectivity index (χ4v) is 3.85. The maximum atomic E-state index is 12.8. The molecular weight excluding hydrogens is 396 g/mol. The van der Waals surface area contributed by atoms with Gasteiger partial charge in [-0.15, -0.1) is 0 Å². The second-order valence-electron chi connectivity index (χ2n) is 8.54. The van der Waals surface area contributed by atoms with Gasteiger partial charge in [0.1, 0.15) is 6.10 Å². The topological polar surface area (TPSA) is 129 Å². The van der Waals surface area contributed by atoms with Crippen LogP contribution in [0, 0.1) is 5.41 Å². The van der Waals surface area contributed by atoms with Crippen molar-refractivity contribution >= 4 is 17.7 Å². The molecule has 2 heterocycles. The summed E-state index contributed by atoms with van der Waals surface area (Å²) in [7, 11) is 0. The van der Waals surface area contributed by atoms with E-state index in [1.54, 1.807) is 6.92 Å². The van der Waals surface area contributed by atoms with Crippen molar-refractivity contribution in [2.24, 2.45) is 5.41 Å². The zero-order valence-corrected chi connectivity index (χ0v) is 17.6. The summed E-state index contributed by atoms with van der Waals surface area (Å²) < 4.78 is 20.9. The van der Waals surface area contributed by atoms with Crippen LogP contribution in [0.1, 0.15) is 41.0 Å². The van der Waals surface area contributed by atoms with E-state index in [0.717, 1.165) is 11.1 Å². The number of aliphatic hydroxyl groups is 2. The third-order valence-electron chi connectivity index (χ3n) is 5.36. The molecule has 2 N–H and O–H groups in total. The van der Waals surface area contributed by atoms with Crippen LogP contribution < -0.4 is 0 Å². The van der Waals surface area contributed by atoms with Crippen LogP contribution in [-0.4, -0.2) is 59.1 Å². The van der Waals surface area contributed by atoms with E-state index < -0.39 is 48.1 Å². The number of carbonyl (C=O) groups is 3. The van der Waals surface area contributed by atoms with Gasteiger partial charge in [-0.3, -0.25) is 4.79 Å². The third-order valence-corrected chi connectivity index (χ3v) is 5.36. The number of aliphatic hydroxyl groups excluding tert-OH is 2. The highest BCUT2D eigenvalue weighted by Gasteiger charge is 2.47. The Morgan fingerprint density at radius 1 is 1.23 bits per heavy atom. The highest BCUT2D eigenvalue weighted by atomic mass is 16.8. The maximum absolute atomic E-state index is 12.8. The van der Waals surface area contributed by atoms with Crippen LogP contribution in [0.3, 0.4) is 0 Å². The first-order valence-electron chi connectivity index (χ1n) is 9.63. The molecule has 0 spiro atoms. The largest absolute Gasteiger partial charge is 0.505 e. The van der Waals surface area contributed by atoms with Crippen LogP contribution in [0.25, 0.3) is 0 Å². The number of allylic oxidation sites excluding steroid dienone is 3. The zero-order chi connectivity index (χ0) is 22.4. The molecule has 2 aliphatic heterocycles. The molecule has 9 nitrogen and oxygen atoms in total. The van der Waals surface area contributed by atoms with Crippen molar-refractivity contribution in [2.45, 2.75) is 65.6 Å². The summed E-state index contributed by atoms with van der Waals surface area (Å²) >= 11 is 0. The summed E-state index contributed by atoms with van der Waals surface area (Å²) in [6, 6.07) is 0. The Hall–Kier alpha value is -2.65. The Labute approximate surface area is 173 Å². The van der Waals surface area contributed by atoms with Gasteiger partial charge in [-0.25, -0.2) is 9.59 Å². The van der Waals surface area contributed by atoms with Gasteiger partial charge < -0.3 is 29.2 Å². The molecule has 164 valence electrons. The Balaban J connectivity index is 1.67. The Kier molecular flexibility index (Phi) is 5.79. The molecule has 3 unspecified atom stereocenters. The minimum atomic E-state index is -1.44. The van der Waals surface area contributed by atoms with E-state index in [2.05, 4.69) is 0 Å². The maximum Gasteiger partial charge on any atom is 0.377 e. The highest BCUT2D eigenvalue weighted by Crippen LogP contribution is 2.41. The van der Waals surface area contributed by atoms with Gasteiger partial charge in [0.05, 0.1) is 6.61 Å². The number of ketones is 1. The molecular formula is C21H26O9. The van der Waals surface area contributed by atoms with Crippen molar-refractivity contribution in [2.75, 3.05) is 6.61 Å². The number of Topliss-reactive ketones (excluding diaryl/α,β-unsaturated/α-hetero) is 1. The van der Waals surface area contributed by atoms with Gasteiger partial charge in [0.2, 0.25) is 5.76 Å². The minimum Gasteiger partial charge on any atom is -0.505 e. The van der Waals surface area contributed by atoms with Crippen LogP contribution in [0.4, 0.5) is 0 Å². The molecule has 9 heteroatoms. The standard InChI is InChI=1S/C21H26O9/c1-9(2)6-11-10(3)14(22)12(7-21(11,4)5)28-19(26)20-27-8-13(29-20)17-15(23)16(24)18(25)30-17/h6,12-13,17,20,23-24H,7-8H2,1-5H3/t12?,13?,17-,20?/m1/s1. The lowest BCUT2D eigenvalue weighted by Gasteiger charge is -2.36. The first-order valence-corrected chi connectivity index (χ1v) is 9.63. The molecule has 0 aromatic rings. The number of hydrogen-bond acceptors (Lipinski definition) is 9. The molecule has 0 aromatic heterocycles. The summed E-state index contributed by atoms with van der Waals surface area (Å²) in [4.78, 5) is 36.6. The van der Waals surface area contributed by atoms with Gasteiger partial charge in [0, 0.05) is 6.42 Å². The van der Waals surface area contributed by atoms with Gasteiger partial charge in [0.25, 0.3) is 6.29 Å². The predicted molar refractivity (Wildman–Crippen MR) is 102 cm³/mol. The molecule has 1 aliphatic carbocycles. The van der Waals surface area contributed by atoms with E-state index in [4.69, 9.17) is 18.9 Å². The average molecular weight is 422 g/mol. The number of hydrogen-bond donors (Lipinski definition) is 2. The molecule has 0 radical (unpaired) electrons. The van der Waals surface area contributed by atoms with E-state index in [1.807, 2.05) is 33.8 Å². The summed E-state index contributed by atoms with van der Waals surface area (Å²) in [6.45, 7) is 9.40. The van der Waals surface area contributed by atoms with Crippen LogP contribution in [0.2, 0.25) is 0 Å². The van der Waals surface area contributed by atoms with Gasteiger partial charge in [-0.2, -0.15) is 0 Å². The van der Waals surface area contributed by atoms with Gasteiger partial charge in [0.15, 0.2) is 23.8 Å². The number of carbonyl (C=O) groups excluding carboxylic acids is 3. The SMILES string of the molecule is CC(C)=CC1=C(C)C(=O)C(OC(=O)C2OCC([C@H]3OC(=O)C(O)=C3O)O2)CC1(C)C. The van der Waals surface area contributed by atoms with Crippen LogP contribution in [-0.2, 0) is 33.3 Å². The summed E-state index contributed by atoms with van der Waals surface area (Å²) in [5.41, 5.74) is 2.14. The second-order valence-corrected chi connectivity index (χ2v) is 8.54. The van der Waals surface area contributed by atoms with E-state index in [-0.39, 0.29) is 17.8 Å². The van der Waals surface area contributed by atoms with Crippen LogP contribution in [0.5, 0.6) is 0 Å². The van der Waals surface area contributed by atoms with Crippen molar-refractivity contribution < 1.29 is 43.5 Å². The molecule has 1 saturated heterocycles. The van der Waals surface area contributed by atoms with Crippen molar-refractivity contribution in [3.63, 3.8) is 0 Å². The average Bonchev–Trinajstić information content (AvgIpc) is 3.24. The summed E-state index contributed by atoms with van der Waals surface area (Å²) in [6.07, 6.45) is -2.42. The van der Waals surface area contributed by atoms with Crippen LogP contribution >= 0.6 is 0 Å². The molecule has 1 fully saturated rings. The molecule has 0 bridgehead atoms. The lowest BCUT2D eigenvalue weighted by molar-refractivity contribution is -0.184. The van der Waals surface area contributed by atoms with Crippen LogP contribution in [0.15, 0.2) is 34.3 Å². The lowest BCUT2D eigenvalue weighted by atomic mass is 9.70.